The summed E-state index contributed by atoms with van der Waals surface area (Å²) in [6.07, 6.45) is 5.55. The van der Waals surface area contributed by atoms with Crippen LogP contribution in [-0.2, 0) is 9.59 Å². The molecule has 1 aliphatic rings. The molecule has 0 radical (unpaired) electrons. The largest absolute Gasteiger partial charge is 0.389 e. The van der Waals surface area contributed by atoms with Gasteiger partial charge in [-0.25, -0.2) is 0 Å². The van der Waals surface area contributed by atoms with Gasteiger partial charge in [0.1, 0.15) is 6.04 Å². The summed E-state index contributed by atoms with van der Waals surface area (Å²) in [5, 5.41) is 16.0. The van der Waals surface area contributed by atoms with Gasteiger partial charge in [-0.1, -0.05) is 26.7 Å². The van der Waals surface area contributed by atoms with Gasteiger partial charge in [0.2, 0.25) is 11.8 Å². The standard InChI is InChI=1S/C15H28N2O3/c1-3-8-15(20,9-4-2)11-13(18)17-12-7-5-6-10-16-14(12)19/h12,20H,3-11H2,1-2H3,(H,16,19)(H,17,18). The van der Waals surface area contributed by atoms with E-state index in [-0.39, 0.29) is 18.2 Å². The molecule has 0 aliphatic carbocycles. The molecule has 1 atom stereocenters. The summed E-state index contributed by atoms with van der Waals surface area (Å²) in [5.74, 6) is -0.332. The maximum atomic E-state index is 12.1. The molecule has 1 rings (SSSR count). The van der Waals surface area contributed by atoms with Crippen molar-refractivity contribution in [3.05, 3.63) is 0 Å². The first-order valence-corrected chi connectivity index (χ1v) is 7.80. The van der Waals surface area contributed by atoms with E-state index in [1.165, 1.54) is 0 Å². The summed E-state index contributed by atoms with van der Waals surface area (Å²) in [5.41, 5.74) is -0.936. The first-order valence-electron chi connectivity index (χ1n) is 7.80. The van der Waals surface area contributed by atoms with Crippen molar-refractivity contribution in [3.63, 3.8) is 0 Å². The lowest BCUT2D eigenvalue weighted by molar-refractivity contribution is -0.132. The molecule has 1 unspecified atom stereocenters. The van der Waals surface area contributed by atoms with Crippen molar-refractivity contribution in [3.8, 4) is 0 Å². The van der Waals surface area contributed by atoms with Gasteiger partial charge < -0.3 is 15.7 Å². The van der Waals surface area contributed by atoms with Crippen LogP contribution in [0.5, 0.6) is 0 Å². The molecule has 20 heavy (non-hydrogen) atoms. The van der Waals surface area contributed by atoms with E-state index in [0.29, 0.717) is 25.8 Å². The van der Waals surface area contributed by atoms with E-state index in [1.807, 2.05) is 13.8 Å². The van der Waals surface area contributed by atoms with Crippen LogP contribution >= 0.6 is 0 Å². The Balaban J connectivity index is 2.53. The van der Waals surface area contributed by atoms with Crippen molar-refractivity contribution in [2.24, 2.45) is 0 Å². The topological polar surface area (TPSA) is 78.4 Å². The smallest absolute Gasteiger partial charge is 0.242 e. The molecule has 0 spiro atoms. The molecular weight excluding hydrogens is 256 g/mol. The Kier molecular flexibility index (Phi) is 6.99. The first kappa shape index (κ1) is 17.0. The molecule has 1 aliphatic heterocycles. The predicted octanol–water partition coefficient (Wildman–Crippen LogP) is 1.49. The fourth-order valence-corrected chi connectivity index (χ4v) is 2.85. The third-order valence-corrected chi connectivity index (χ3v) is 3.79. The Labute approximate surface area is 121 Å². The van der Waals surface area contributed by atoms with Crippen molar-refractivity contribution in [2.45, 2.75) is 76.9 Å². The Hall–Kier alpha value is -1.10. The number of hydrogen-bond acceptors (Lipinski definition) is 3. The Morgan fingerprint density at radius 2 is 2.00 bits per heavy atom. The molecule has 2 amide bonds. The quantitative estimate of drug-likeness (QED) is 0.663. The molecule has 0 saturated carbocycles. The van der Waals surface area contributed by atoms with E-state index in [9.17, 15) is 14.7 Å². The van der Waals surface area contributed by atoms with Crippen LogP contribution in [0.15, 0.2) is 0 Å². The summed E-state index contributed by atoms with van der Waals surface area (Å²) in [6, 6.07) is -0.447. The summed E-state index contributed by atoms with van der Waals surface area (Å²) in [6.45, 7) is 4.68. The molecule has 3 N–H and O–H groups in total. The number of aliphatic hydroxyl groups is 1. The van der Waals surface area contributed by atoms with E-state index >= 15 is 0 Å². The first-order chi connectivity index (χ1) is 9.50. The lowest BCUT2D eigenvalue weighted by Gasteiger charge is -2.27. The minimum atomic E-state index is -0.936. The van der Waals surface area contributed by atoms with Crippen LogP contribution in [0.4, 0.5) is 0 Å². The Bertz CT molecular complexity index is 325. The molecule has 0 aromatic heterocycles. The number of carbonyl (C=O) groups is 2. The predicted molar refractivity (Wildman–Crippen MR) is 78.2 cm³/mol. The molecule has 116 valence electrons. The number of nitrogens with one attached hydrogen (secondary N) is 2. The monoisotopic (exact) mass is 284 g/mol. The van der Waals surface area contributed by atoms with Crippen molar-refractivity contribution < 1.29 is 14.7 Å². The lowest BCUT2D eigenvalue weighted by atomic mass is 9.89. The van der Waals surface area contributed by atoms with Crippen molar-refractivity contribution in [1.82, 2.24) is 10.6 Å². The molecule has 5 heteroatoms. The van der Waals surface area contributed by atoms with Gasteiger partial charge in [-0.3, -0.25) is 9.59 Å². The normalized spacial score (nSPS) is 20.1. The summed E-state index contributed by atoms with van der Waals surface area (Å²) < 4.78 is 0. The third kappa shape index (κ3) is 5.49. The second-order valence-corrected chi connectivity index (χ2v) is 5.81. The molecule has 1 heterocycles. The number of amides is 2. The van der Waals surface area contributed by atoms with E-state index < -0.39 is 11.6 Å². The summed E-state index contributed by atoms with van der Waals surface area (Å²) in [7, 11) is 0. The fourth-order valence-electron chi connectivity index (χ4n) is 2.85. The van der Waals surface area contributed by atoms with Crippen LogP contribution in [0.25, 0.3) is 0 Å². The fraction of sp³-hybridized carbons (Fsp3) is 0.867. The highest BCUT2D eigenvalue weighted by Gasteiger charge is 2.30. The molecule has 0 aromatic carbocycles. The Morgan fingerprint density at radius 1 is 1.35 bits per heavy atom. The van der Waals surface area contributed by atoms with Gasteiger partial charge in [0.15, 0.2) is 0 Å². The second kappa shape index (κ2) is 8.25. The van der Waals surface area contributed by atoms with Crippen LogP contribution in [-0.4, -0.2) is 35.1 Å². The SMILES string of the molecule is CCCC(O)(CCC)CC(=O)NC1CCCCNC1=O. The zero-order valence-corrected chi connectivity index (χ0v) is 12.7. The van der Waals surface area contributed by atoms with Crippen LogP contribution < -0.4 is 10.6 Å². The number of rotatable bonds is 7. The maximum absolute atomic E-state index is 12.1. The molecular formula is C15H28N2O3. The molecule has 0 bridgehead atoms. The number of carbonyl (C=O) groups excluding carboxylic acids is 2. The van der Waals surface area contributed by atoms with Gasteiger partial charge in [0.05, 0.1) is 12.0 Å². The van der Waals surface area contributed by atoms with Gasteiger partial charge in [0, 0.05) is 6.54 Å². The maximum Gasteiger partial charge on any atom is 0.242 e. The third-order valence-electron chi connectivity index (χ3n) is 3.79. The average Bonchev–Trinajstić information content (AvgIpc) is 2.55. The van der Waals surface area contributed by atoms with Crippen LogP contribution in [0.2, 0.25) is 0 Å². The zero-order chi connectivity index (χ0) is 15.0. The molecule has 1 fully saturated rings. The van der Waals surface area contributed by atoms with E-state index in [4.69, 9.17) is 0 Å². The Morgan fingerprint density at radius 3 is 2.60 bits per heavy atom. The number of hydrogen-bond donors (Lipinski definition) is 3. The minimum absolute atomic E-state index is 0.0818. The van der Waals surface area contributed by atoms with Crippen molar-refractivity contribution in [1.29, 1.82) is 0 Å². The highest BCUT2D eigenvalue weighted by atomic mass is 16.3. The molecule has 5 nitrogen and oxygen atoms in total. The molecule has 0 aromatic rings. The van der Waals surface area contributed by atoms with Gasteiger partial charge in [-0.2, -0.15) is 0 Å². The van der Waals surface area contributed by atoms with Crippen molar-refractivity contribution in [2.75, 3.05) is 6.54 Å². The van der Waals surface area contributed by atoms with Gasteiger partial charge in [-0.15, -0.1) is 0 Å². The van der Waals surface area contributed by atoms with E-state index in [0.717, 1.165) is 25.7 Å². The van der Waals surface area contributed by atoms with Gasteiger partial charge in [0.25, 0.3) is 0 Å². The minimum Gasteiger partial charge on any atom is -0.389 e. The van der Waals surface area contributed by atoms with Crippen LogP contribution in [0.3, 0.4) is 0 Å². The van der Waals surface area contributed by atoms with Gasteiger partial charge >= 0.3 is 0 Å². The average molecular weight is 284 g/mol. The zero-order valence-electron chi connectivity index (χ0n) is 12.7. The van der Waals surface area contributed by atoms with E-state index in [2.05, 4.69) is 10.6 Å². The van der Waals surface area contributed by atoms with Crippen LogP contribution in [0, 0.1) is 0 Å². The lowest BCUT2D eigenvalue weighted by Crippen LogP contribution is -2.47. The highest BCUT2D eigenvalue weighted by molar-refractivity contribution is 5.88. The van der Waals surface area contributed by atoms with E-state index in [1.54, 1.807) is 0 Å². The van der Waals surface area contributed by atoms with Gasteiger partial charge in [-0.05, 0) is 32.1 Å². The molecule has 1 saturated heterocycles. The van der Waals surface area contributed by atoms with Crippen molar-refractivity contribution >= 4 is 11.8 Å². The summed E-state index contributed by atoms with van der Waals surface area (Å²) in [4.78, 5) is 23.9. The van der Waals surface area contributed by atoms with Crippen LogP contribution in [0.1, 0.15) is 65.2 Å². The highest BCUT2D eigenvalue weighted by Crippen LogP contribution is 2.23. The second-order valence-electron chi connectivity index (χ2n) is 5.81. The summed E-state index contributed by atoms with van der Waals surface area (Å²) >= 11 is 0.